The number of carbonyl (C=O) groups is 1. The Labute approximate surface area is 170 Å². The first kappa shape index (κ1) is 21.6. The fourth-order valence-electron chi connectivity index (χ4n) is 3.27. The monoisotopic (exact) mass is 413 g/mol. The quantitative estimate of drug-likeness (QED) is 0.760. The molecule has 2 N–H and O–H groups in total. The molecule has 1 aromatic carbocycles. The molecule has 1 fully saturated rings. The van der Waals surface area contributed by atoms with Crippen LogP contribution in [0.25, 0.3) is 0 Å². The van der Waals surface area contributed by atoms with Gasteiger partial charge in [-0.05, 0) is 50.6 Å². The fourth-order valence-corrected chi connectivity index (χ4v) is 3.39. The van der Waals surface area contributed by atoms with Crippen molar-refractivity contribution in [3.05, 3.63) is 46.7 Å². The maximum atomic E-state index is 12.5. The van der Waals surface area contributed by atoms with Crippen LogP contribution in [0.1, 0.15) is 48.0 Å². The maximum absolute atomic E-state index is 12.5. The van der Waals surface area contributed by atoms with Crippen molar-refractivity contribution >= 4 is 29.9 Å². The van der Waals surface area contributed by atoms with Gasteiger partial charge >= 0.3 is 0 Å². The summed E-state index contributed by atoms with van der Waals surface area (Å²) in [4.78, 5) is 12.5. The van der Waals surface area contributed by atoms with Crippen molar-refractivity contribution < 1.29 is 9.53 Å². The van der Waals surface area contributed by atoms with Crippen LogP contribution in [0.2, 0.25) is 5.02 Å². The van der Waals surface area contributed by atoms with Crippen LogP contribution in [0, 0.1) is 0 Å². The minimum Gasteiger partial charge on any atom is -0.375 e. The van der Waals surface area contributed by atoms with Gasteiger partial charge in [-0.1, -0.05) is 28.9 Å². The molecular weight excluding hydrogens is 389 g/mol. The summed E-state index contributed by atoms with van der Waals surface area (Å²) >= 11 is 5.94. The smallest absolute Gasteiger partial charge is 0.273 e. The Balaban J connectivity index is 0.00000261. The van der Waals surface area contributed by atoms with Crippen LogP contribution >= 0.6 is 24.0 Å². The number of rotatable bonds is 6. The van der Waals surface area contributed by atoms with Gasteiger partial charge in [-0.25, -0.2) is 4.68 Å². The second-order valence-corrected chi connectivity index (χ2v) is 6.97. The van der Waals surface area contributed by atoms with Crippen molar-refractivity contribution in [3.8, 4) is 0 Å². The van der Waals surface area contributed by atoms with Crippen molar-refractivity contribution in [1.82, 2.24) is 25.6 Å². The Hall–Kier alpha value is -1.67. The predicted octanol–water partition coefficient (Wildman–Crippen LogP) is 2.78. The summed E-state index contributed by atoms with van der Waals surface area (Å²) in [6.45, 7) is 3.82. The van der Waals surface area contributed by atoms with Crippen molar-refractivity contribution in [3.63, 3.8) is 0 Å². The number of amides is 1. The minimum absolute atomic E-state index is 0. The van der Waals surface area contributed by atoms with E-state index in [2.05, 4.69) is 20.9 Å². The first-order valence-electron chi connectivity index (χ1n) is 8.80. The molecule has 1 aliphatic heterocycles. The van der Waals surface area contributed by atoms with E-state index < -0.39 is 0 Å². The summed E-state index contributed by atoms with van der Waals surface area (Å²) in [5.74, 6) is -0.256. The molecular formula is C18H25Cl2N5O2. The van der Waals surface area contributed by atoms with Gasteiger partial charge in [-0.15, -0.1) is 17.5 Å². The molecule has 0 bridgehead atoms. The molecule has 1 amide bonds. The van der Waals surface area contributed by atoms with Crippen LogP contribution < -0.4 is 10.6 Å². The van der Waals surface area contributed by atoms with Crippen LogP contribution in [-0.4, -0.2) is 47.1 Å². The molecule has 1 aliphatic rings. The lowest BCUT2D eigenvalue weighted by Gasteiger charge is -2.24. The third-order valence-electron chi connectivity index (χ3n) is 4.69. The van der Waals surface area contributed by atoms with E-state index in [0.29, 0.717) is 16.8 Å². The highest BCUT2D eigenvalue weighted by atomic mass is 35.5. The Morgan fingerprint density at radius 2 is 2.00 bits per heavy atom. The number of aromatic nitrogens is 3. The van der Waals surface area contributed by atoms with Crippen molar-refractivity contribution in [2.24, 2.45) is 0 Å². The third kappa shape index (κ3) is 5.42. The van der Waals surface area contributed by atoms with E-state index in [1.165, 1.54) is 0 Å². The van der Waals surface area contributed by atoms with Crippen molar-refractivity contribution in [1.29, 1.82) is 0 Å². The SMILES string of the molecule is COC(c1ccc(Cl)cc1)C(C)NC(=O)c1cn(C2CCNCC2)nn1.Cl. The number of piperidine rings is 1. The van der Waals surface area contributed by atoms with E-state index in [0.717, 1.165) is 31.5 Å². The lowest BCUT2D eigenvalue weighted by atomic mass is 10.0. The molecule has 27 heavy (non-hydrogen) atoms. The zero-order chi connectivity index (χ0) is 18.5. The van der Waals surface area contributed by atoms with Crippen LogP contribution in [0.15, 0.2) is 30.5 Å². The van der Waals surface area contributed by atoms with Gasteiger partial charge in [0.25, 0.3) is 5.91 Å². The van der Waals surface area contributed by atoms with Crippen LogP contribution in [0.3, 0.4) is 0 Å². The Morgan fingerprint density at radius 1 is 1.33 bits per heavy atom. The summed E-state index contributed by atoms with van der Waals surface area (Å²) in [6.07, 6.45) is 3.42. The third-order valence-corrected chi connectivity index (χ3v) is 4.94. The number of ether oxygens (including phenoxy) is 1. The van der Waals surface area contributed by atoms with Gasteiger partial charge < -0.3 is 15.4 Å². The predicted molar refractivity (Wildman–Crippen MR) is 107 cm³/mol. The zero-order valence-corrected chi connectivity index (χ0v) is 17.0. The average molecular weight is 414 g/mol. The summed E-state index contributed by atoms with van der Waals surface area (Å²) in [5, 5.41) is 15.1. The molecule has 2 unspecified atom stereocenters. The molecule has 1 saturated heterocycles. The Bertz CT molecular complexity index is 732. The molecule has 0 aliphatic carbocycles. The van der Waals surface area contributed by atoms with Gasteiger partial charge in [0.1, 0.15) is 6.10 Å². The molecule has 7 nitrogen and oxygen atoms in total. The van der Waals surface area contributed by atoms with E-state index in [1.807, 2.05) is 31.2 Å². The van der Waals surface area contributed by atoms with Crippen LogP contribution in [0.5, 0.6) is 0 Å². The largest absolute Gasteiger partial charge is 0.375 e. The lowest BCUT2D eigenvalue weighted by Crippen LogP contribution is -2.38. The number of methoxy groups -OCH3 is 1. The van der Waals surface area contributed by atoms with Gasteiger partial charge in [0.05, 0.1) is 18.3 Å². The van der Waals surface area contributed by atoms with Crippen LogP contribution in [0.4, 0.5) is 0 Å². The average Bonchev–Trinajstić information content (AvgIpc) is 3.15. The zero-order valence-electron chi connectivity index (χ0n) is 15.4. The van der Waals surface area contributed by atoms with Crippen molar-refractivity contribution in [2.75, 3.05) is 20.2 Å². The van der Waals surface area contributed by atoms with E-state index in [9.17, 15) is 4.79 Å². The number of carbonyl (C=O) groups excluding carboxylic acids is 1. The number of nitrogens with one attached hydrogen (secondary N) is 2. The highest BCUT2D eigenvalue weighted by Gasteiger charge is 2.24. The molecule has 3 rings (SSSR count). The molecule has 2 aromatic rings. The van der Waals surface area contributed by atoms with Gasteiger partial charge in [-0.3, -0.25) is 4.79 Å². The van der Waals surface area contributed by atoms with Gasteiger partial charge in [0.2, 0.25) is 0 Å². The first-order valence-corrected chi connectivity index (χ1v) is 9.18. The number of hydrogen-bond donors (Lipinski definition) is 2. The van der Waals surface area contributed by atoms with Crippen LogP contribution in [-0.2, 0) is 4.74 Å². The molecule has 2 heterocycles. The highest BCUT2D eigenvalue weighted by molar-refractivity contribution is 6.30. The topological polar surface area (TPSA) is 81.1 Å². The molecule has 0 radical (unpaired) electrons. The number of nitrogens with zero attached hydrogens (tertiary/aromatic N) is 3. The summed E-state index contributed by atoms with van der Waals surface area (Å²) < 4.78 is 7.37. The number of benzene rings is 1. The molecule has 9 heteroatoms. The minimum atomic E-state index is -0.282. The highest BCUT2D eigenvalue weighted by Crippen LogP contribution is 2.23. The maximum Gasteiger partial charge on any atom is 0.273 e. The molecule has 148 valence electrons. The molecule has 0 spiro atoms. The number of halogens is 2. The summed E-state index contributed by atoms with van der Waals surface area (Å²) in [5.41, 5.74) is 1.27. The molecule has 0 saturated carbocycles. The fraction of sp³-hybridized carbons (Fsp3) is 0.500. The lowest BCUT2D eigenvalue weighted by molar-refractivity contribution is 0.0642. The van der Waals surface area contributed by atoms with Gasteiger partial charge in [-0.2, -0.15) is 0 Å². The van der Waals surface area contributed by atoms with E-state index in [-0.39, 0.29) is 30.5 Å². The first-order chi connectivity index (χ1) is 12.6. The molecule has 1 aromatic heterocycles. The summed E-state index contributed by atoms with van der Waals surface area (Å²) in [7, 11) is 1.62. The number of hydrogen-bond acceptors (Lipinski definition) is 5. The molecule has 2 atom stereocenters. The standard InChI is InChI=1S/C18H24ClN5O2.ClH/c1-12(17(26-2)13-3-5-14(19)6-4-13)21-18(25)16-11-24(23-22-16)15-7-9-20-10-8-15;/h3-6,11-12,15,17,20H,7-10H2,1-2H3,(H,21,25);1H. The second-order valence-electron chi connectivity index (χ2n) is 6.53. The normalized spacial score (nSPS) is 17.0. The Morgan fingerprint density at radius 3 is 2.63 bits per heavy atom. The van der Waals surface area contributed by atoms with Crippen molar-refractivity contribution in [2.45, 2.75) is 38.0 Å². The summed E-state index contributed by atoms with van der Waals surface area (Å²) in [6, 6.07) is 7.46. The van der Waals surface area contributed by atoms with E-state index in [4.69, 9.17) is 16.3 Å². The van der Waals surface area contributed by atoms with E-state index in [1.54, 1.807) is 18.0 Å². The Kier molecular flexibility index (Phi) is 8.04. The van der Waals surface area contributed by atoms with E-state index >= 15 is 0 Å². The van der Waals surface area contributed by atoms with Gasteiger partial charge in [0.15, 0.2) is 5.69 Å². The van der Waals surface area contributed by atoms with Gasteiger partial charge in [0, 0.05) is 12.1 Å². The second kappa shape index (κ2) is 10.0.